The van der Waals surface area contributed by atoms with Crippen molar-refractivity contribution in [2.24, 2.45) is 5.41 Å². The summed E-state index contributed by atoms with van der Waals surface area (Å²) in [4.78, 5) is 23.0. The summed E-state index contributed by atoms with van der Waals surface area (Å²) < 4.78 is 136. The van der Waals surface area contributed by atoms with Crippen LogP contribution < -0.4 is 0 Å². The Bertz CT molecular complexity index is 546. The predicted molar refractivity (Wildman–Crippen MR) is 73.1 cm³/mol. The van der Waals surface area contributed by atoms with E-state index in [1.165, 1.54) is 6.92 Å². The summed E-state index contributed by atoms with van der Waals surface area (Å²) in [7, 11) is 0. The Hall–Kier alpha value is -1.80. The monoisotopic (exact) mass is 454 g/mol. The van der Waals surface area contributed by atoms with E-state index in [1.54, 1.807) is 0 Å². The second kappa shape index (κ2) is 9.80. The van der Waals surface area contributed by atoms with Gasteiger partial charge in [-0.2, -0.15) is 35.1 Å². The molecule has 1 unspecified atom stereocenters. The molecule has 0 spiro atoms. The smallest absolute Gasteiger partial charge is 0.423 e. The average molecular weight is 454 g/mol. The SMILES string of the molecule is CCC(C)(COC(C(F)(F)F)C(F)(F)F)C(=O)OCC(=O)OCC(F)(F)C(F)F. The van der Waals surface area contributed by atoms with Gasteiger partial charge >= 0.3 is 36.6 Å². The normalized spacial score (nSPS) is 15.4. The fourth-order valence-corrected chi connectivity index (χ4v) is 1.53. The van der Waals surface area contributed by atoms with Crippen LogP contribution in [0, 0.1) is 5.41 Å². The zero-order valence-electron chi connectivity index (χ0n) is 14.8. The molecule has 0 amide bonds. The van der Waals surface area contributed by atoms with Crippen molar-refractivity contribution in [1.29, 1.82) is 0 Å². The molecule has 0 bridgehead atoms. The van der Waals surface area contributed by atoms with Crippen LogP contribution in [0.2, 0.25) is 0 Å². The molecule has 0 aliphatic carbocycles. The van der Waals surface area contributed by atoms with Crippen LogP contribution in [0.15, 0.2) is 0 Å². The van der Waals surface area contributed by atoms with Gasteiger partial charge in [0, 0.05) is 0 Å². The van der Waals surface area contributed by atoms with E-state index in [1.807, 2.05) is 0 Å². The molecular formula is C14H16F10O5. The summed E-state index contributed by atoms with van der Waals surface area (Å²) >= 11 is 0. The van der Waals surface area contributed by atoms with Gasteiger partial charge in [0.15, 0.2) is 13.2 Å². The Morgan fingerprint density at radius 1 is 0.862 bits per heavy atom. The molecular weight excluding hydrogens is 438 g/mol. The van der Waals surface area contributed by atoms with Gasteiger partial charge in [-0.3, -0.25) is 4.79 Å². The van der Waals surface area contributed by atoms with E-state index in [4.69, 9.17) is 0 Å². The Morgan fingerprint density at radius 3 is 1.72 bits per heavy atom. The van der Waals surface area contributed by atoms with Crippen molar-refractivity contribution in [2.45, 2.75) is 51.1 Å². The largest absolute Gasteiger partial charge is 0.457 e. The summed E-state index contributed by atoms with van der Waals surface area (Å²) in [5.41, 5.74) is -2.08. The highest BCUT2D eigenvalue weighted by Crippen LogP contribution is 2.37. The fraction of sp³-hybridized carbons (Fsp3) is 0.857. The first-order chi connectivity index (χ1) is 12.9. The maximum absolute atomic E-state index is 12.6. The lowest BCUT2D eigenvalue weighted by molar-refractivity contribution is -0.325. The van der Waals surface area contributed by atoms with Crippen LogP contribution in [-0.4, -0.2) is 62.6 Å². The summed E-state index contributed by atoms with van der Waals surface area (Å²) in [6.45, 7) is -2.79. The molecule has 15 heteroatoms. The van der Waals surface area contributed by atoms with E-state index in [9.17, 15) is 53.5 Å². The molecule has 0 aromatic rings. The lowest BCUT2D eigenvalue weighted by atomic mass is 9.88. The number of alkyl halides is 10. The minimum Gasteiger partial charge on any atom is -0.457 e. The highest BCUT2D eigenvalue weighted by molar-refractivity contribution is 5.80. The van der Waals surface area contributed by atoms with Crippen molar-refractivity contribution in [2.75, 3.05) is 19.8 Å². The molecule has 0 aromatic heterocycles. The van der Waals surface area contributed by atoms with Crippen molar-refractivity contribution in [3.05, 3.63) is 0 Å². The zero-order chi connectivity index (χ0) is 23.3. The first-order valence-corrected chi connectivity index (χ1v) is 7.60. The van der Waals surface area contributed by atoms with Gasteiger partial charge < -0.3 is 14.2 Å². The van der Waals surface area contributed by atoms with Crippen LogP contribution in [0.4, 0.5) is 43.9 Å². The number of carbonyl (C=O) groups is 2. The van der Waals surface area contributed by atoms with Crippen LogP contribution in [-0.2, 0) is 23.8 Å². The summed E-state index contributed by atoms with van der Waals surface area (Å²) in [5, 5.41) is 0. The highest BCUT2D eigenvalue weighted by atomic mass is 19.4. The minimum absolute atomic E-state index is 0.396. The van der Waals surface area contributed by atoms with Gasteiger partial charge in [0.1, 0.15) is 0 Å². The van der Waals surface area contributed by atoms with Gasteiger partial charge in [-0.25, -0.2) is 13.6 Å². The molecule has 0 heterocycles. The summed E-state index contributed by atoms with van der Waals surface area (Å²) in [5.74, 6) is -7.86. The van der Waals surface area contributed by atoms with Crippen LogP contribution in [0.25, 0.3) is 0 Å². The van der Waals surface area contributed by atoms with E-state index < -0.39 is 74.4 Å². The molecule has 0 radical (unpaired) electrons. The van der Waals surface area contributed by atoms with Crippen LogP contribution in [0.3, 0.4) is 0 Å². The van der Waals surface area contributed by atoms with E-state index in [2.05, 4.69) is 14.2 Å². The summed E-state index contributed by atoms with van der Waals surface area (Å²) in [6, 6.07) is 0. The standard InChI is InChI=1S/C14H16F10O5/c1-3-11(2,5-29-8(13(19,20)21)14(22,23)24)10(26)27-4-7(25)28-6-12(17,18)9(15)16/h8-9H,3-6H2,1-2H3. The lowest BCUT2D eigenvalue weighted by Gasteiger charge is -2.29. The molecule has 0 rings (SSSR count). The second-order valence-corrected chi connectivity index (χ2v) is 5.99. The van der Waals surface area contributed by atoms with Crippen molar-refractivity contribution >= 4 is 11.9 Å². The van der Waals surface area contributed by atoms with Gasteiger partial charge in [0.05, 0.1) is 12.0 Å². The van der Waals surface area contributed by atoms with Gasteiger partial charge in [0.25, 0.3) is 0 Å². The molecule has 0 N–H and O–H groups in total. The first-order valence-electron chi connectivity index (χ1n) is 7.60. The molecule has 5 nitrogen and oxygen atoms in total. The van der Waals surface area contributed by atoms with Crippen LogP contribution in [0.1, 0.15) is 20.3 Å². The maximum Gasteiger partial charge on any atom is 0.423 e. The summed E-state index contributed by atoms with van der Waals surface area (Å²) in [6.07, 6.45) is -20.4. The minimum atomic E-state index is -5.82. The molecule has 29 heavy (non-hydrogen) atoms. The third-order valence-corrected chi connectivity index (χ3v) is 3.50. The number of hydrogen-bond donors (Lipinski definition) is 0. The molecule has 0 fully saturated rings. The highest BCUT2D eigenvalue weighted by Gasteiger charge is 2.58. The molecule has 0 saturated heterocycles. The van der Waals surface area contributed by atoms with Crippen molar-refractivity contribution in [3.8, 4) is 0 Å². The van der Waals surface area contributed by atoms with Crippen LogP contribution in [0.5, 0.6) is 0 Å². The lowest BCUT2D eigenvalue weighted by Crippen LogP contribution is -2.47. The van der Waals surface area contributed by atoms with E-state index in [-0.39, 0.29) is 0 Å². The van der Waals surface area contributed by atoms with Gasteiger partial charge in [-0.1, -0.05) is 6.92 Å². The van der Waals surface area contributed by atoms with Crippen LogP contribution >= 0.6 is 0 Å². The average Bonchev–Trinajstić information content (AvgIpc) is 2.55. The number of hydrogen-bond acceptors (Lipinski definition) is 5. The number of esters is 2. The Balaban J connectivity index is 4.87. The Labute approximate surface area is 157 Å². The number of carbonyl (C=O) groups excluding carboxylic acids is 2. The third kappa shape index (κ3) is 8.62. The number of rotatable bonds is 10. The van der Waals surface area contributed by atoms with Crippen molar-refractivity contribution < 1.29 is 67.7 Å². The number of ether oxygens (including phenoxy) is 3. The molecule has 0 saturated carbocycles. The molecule has 0 aliphatic heterocycles. The maximum atomic E-state index is 12.6. The van der Waals surface area contributed by atoms with Crippen molar-refractivity contribution in [1.82, 2.24) is 0 Å². The predicted octanol–water partition coefficient (Wildman–Crippen LogP) is 3.90. The topological polar surface area (TPSA) is 61.8 Å². The zero-order valence-corrected chi connectivity index (χ0v) is 14.8. The van der Waals surface area contributed by atoms with Crippen molar-refractivity contribution in [3.63, 3.8) is 0 Å². The third-order valence-electron chi connectivity index (χ3n) is 3.50. The second-order valence-electron chi connectivity index (χ2n) is 5.99. The molecule has 172 valence electrons. The van der Waals surface area contributed by atoms with E-state index >= 15 is 0 Å². The van der Waals surface area contributed by atoms with Gasteiger partial charge in [-0.15, -0.1) is 0 Å². The molecule has 0 aliphatic rings. The number of halogens is 10. The Morgan fingerprint density at radius 2 is 1.34 bits per heavy atom. The van der Waals surface area contributed by atoms with E-state index in [0.717, 1.165) is 6.92 Å². The quantitative estimate of drug-likeness (QED) is 0.370. The Kier molecular flexibility index (Phi) is 9.19. The molecule has 1 atom stereocenters. The van der Waals surface area contributed by atoms with Gasteiger partial charge in [-0.05, 0) is 13.3 Å². The van der Waals surface area contributed by atoms with E-state index in [0.29, 0.717) is 0 Å². The fourth-order valence-electron chi connectivity index (χ4n) is 1.53. The first kappa shape index (κ1) is 27.2. The molecule has 0 aromatic carbocycles. The van der Waals surface area contributed by atoms with Gasteiger partial charge in [0.2, 0.25) is 6.10 Å².